The summed E-state index contributed by atoms with van der Waals surface area (Å²) in [5.74, 6) is 1.57. The molecule has 3 heteroatoms. The Morgan fingerprint density at radius 3 is 2.75 bits per heavy atom. The molecule has 1 aliphatic rings. The van der Waals surface area contributed by atoms with Crippen LogP contribution in [0.5, 0.6) is 0 Å². The van der Waals surface area contributed by atoms with Crippen molar-refractivity contribution in [3.05, 3.63) is 22.7 Å². The van der Waals surface area contributed by atoms with Crippen molar-refractivity contribution in [2.24, 2.45) is 11.8 Å². The molecular weight excluding hydrogens is 264 g/mol. The average Bonchev–Trinajstić information content (AvgIpc) is 2.26. The van der Waals surface area contributed by atoms with E-state index in [4.69, 9.17) is 5.73 Å². The van der Waals surface area contributed by atoms with Gasteiger partial charge in [0.05, 0.1) is 11.4 Å². The summed E-state index contributed by atoms with van der Waals surface area (Å²) >= 11 is 3.51. The molecule has 16 heavy (non-hydrogen) atoms. The van der Waals surface area contributed by atoms with Crippen LogP contribution in [0.3, 0.4) is 0 Å². The van der Waals surface area contributed by atoms with Gasteiger partial charge in [-0.2, -0.15) is 0 Å². The number of hydrogen-bond acceptors (Lipinski definition) is 2. The molecule has 2 rings (SSSR count). The summed E-state index contributed by atoms with van der Waals surface area (Å²) in [6.45, 7) is 6.89. The molecule has 2 nitrogen and oxygen atoms in total. The number of benzene rings is 1. The standard InChI is InChI=1S/C13H19BrN2/c1-9-5-6-16(8-10(9)2)13-7-11(14)3-4-12(13)15/h3-4,7,9-10H,5-6,8,15H2,1-2H3. The SMILES string of the molecule is CC1CCN(c2cc(Br)ccc2N)CC1C. The van der Waals surface area contributed by atoms with Crippen LogP contribution in [0.4, 0.5) is 11.4 Å². The monoisotopic (exact) mass is 282 g/mol. The largest absolute Gasteiger partial charge is 0.397 e. The fraction of sp³-hybridized carbons (Fsp3) is 0.538. The van der Waals surface area contributed by atoms with Crippen LogP contribution in [0.1, 0.15) is 20.3 Å². The Balaban J connectivity index is 2.21. The first-order valence-corrected chi connectivity index (χ1v) is 6.67. The lowest BCUT2D eigenvalue weighted by Crippen LogP contribution is -2.38. The van der Waals surface area contributed by atoms with Gasteiger partial charge in [0, 0.05) is 17.6 Å². The molecule has 2 atom stereocenters. The van der Waals surface area contributed by atoms with Crippen molar-refractivity contribution in [3.63, 3.8) is 0 Å². The molecule has 0 aromatic heterocycles. The number of nitrogens with zero attached hydrogens (tertiary/aromatic N) is 1. The minimum absolute atomic E-state index is 0.743. The molecule has 0 amide bonds. The molecule has 0 radical (unpaired) electrons. The fourth-order valence-corrected chi connectivity index (χ4v) is 2.62. The van der Waals surface area contributed by atoms with Gasteiger partial charge in [0.2, 0.25) is 0 Å². The van der Waals surface area contributed by atoms with Crippen molar-refractivity contribution >= 4 is 27.3 Å². The van der Waals surface area contributed by atoms with Crippen molar-refractivity contribution in [2.75, 3.05) is 23.7 Å². The van der Waals surface area contributed by atoms with Crippen LogP contribution in [0.2, 0.25) is 0 Å². The van der Waals surface area contributed by atoms with E-state index in [2.05, 4.69) is 40.7 Å². The smallest absolute Gasteiger partial charge is 0.0611 e. The van der Waals surface area contributed by atoms with Gasteiger partial charge in [-0.15, -0.1) is 0 Å². The summed E-state index contributed by atoms with van der Waals surface area (Å²) in [7, 11) is 0. The zero-order valence-electron chi connectivity index (χ0n) is 9.91. The van der Waals surface area contributed by atoms with Gasteiger partial charge in [-0.1, -0.05) is 29.8 Å². The lowest BCUT2D eigenvalue weighted by molar-refractivity contribution is 0.324. The first-order chi connectivity index (χ1) is 7.58. The molecule has 1 aliphatic heterocycles. The zero-order valence-corrected chi connectivity index (χ0v) is 11.5. The van der Waals surface area contributed by atoms with E-state index in [1.54, 1.807) is 0 Å². The maximum absolute atomic E-state index is 6.04. The number of piperidine rings is 1. The van der Waals surface area contributed by atoms with E-state index in [9.17, 15) is 0 Å². The minimum Gasteiger partial charge on any atom is -0.397 e. The Morgan fingerprint density at radius 2 is 2.06 bits per heavy atom. The molecule has 88 valence electrons. The van der Waals surface area contributed by atoms with Crippen LogP contribution in [-0.2, 0) is 0 Å². The van der Waals surface area contributed by atoms with E-state index in [-0.39, 0.29) is 0 Å². The highest BCUT2D eigenvalue weighted by Gasteiger charge is 2.23. The molecule has 2 unspecified atom stereocenters. The predicted octanol–water partition coefficient (Wildman–Crippen LogP) is 3.51. The normalized spacial score (nSPS) is 25.8. The summed E-state index contributed by atoms with van der Waals surface area (Å²) in [6, 6.07) is 6.09. The molecule has 2 N–H and O–H groups in total. The summed E-state index contributed by atoms with van der Waals surface area (Å²) in [6.07, 6.45) is 1.26. The van der Waals surface area contributed by atoms with Crippen LogP contribution in [0, 0.1) is 11.8 Å². The minimum atomic E-state index is 0.743. The van der Waals surface area contributed by atoms with Crippen molar-refractivity contribution in [1.82, 2.24) is 0 Å². The molecule has 0 aliphatic carbocycles. The van der Waals surface area contributed by atoms with Crippen LogP contribution >= 0.6 is 15.9 Å². The van der Waals surface area contributed by atoms with E-state index < -0.39 is 0 Å². The molecule has 1 fully saturated rings. The van der Waals surface area contributed by atoms with Gasteiger partial charge in [-0.25, -0.2) is 0 Å². The van der Waals surface area contributed by atoms with Gasteiger partial charge in [-0.3, -0.25) is 0 Å². The molecule has 0 spiro atoms. The molecule has 1 heterocycles. The number of hydrogen-bond donors (Lipinski definition) is 1. The maximum Gasteiger partial charge on any atom is 0.0611 e. The highest BCUT2D eigenvalue weighted by molar-refractivity contribution is 9.10. The van der Waals surface area contributed by atoms with Crippen LogP contribution in [0.25, 0.3) is 0 Å². The number of nitrogen functional groups attached to an aromatic ring is 1. The third-order valence-electron chi connectivity index (χ3n) is 3.67. The number of anilines is 2. The first-order valence-electron chi connectivity index (χ1n) is 5.88. The van der Waals surface area contributed by atoms with E-state index >= 15 is 0 Å². The van der Waals surface area contributed by atoms with Crippen LogP contribution < -0.4 is 10.6 Å². The average molecular weight is 283 g/mol. The number of nitrogens with two attached hydrogens (primary N) is 1. The molecule has 1 aromatic rings. The van der Waals surface area contributed by atoms with Gasteiger partial charge < -0.3 is 10.6 Å². The summed E-state index contributed by atoms with van der Waals surface area (Å²) in [5.41, 5.74) is 8.09. The van der Waals surface area contributed by atoms with E-state index in [1.165, 1.54) is 12.1 Å². The predicted molar refractivity (Wildman–Crippen MR) is 73.7 cm³/mol. The third-order valence-corrected chi connectivity index (χ3v) is 4.16. The third kappa shape index (κ3) is 2.34. The highest BCUT2D eigenvalue weighted by atomic mass is 79.9. The van der Waals surface area contributed by atoms with Gasteiger partial charge in [0.25, 0.3) is 0 Å². The Hall–Kier alpha value is -0.700. The molecule has 1 saturated heterocycles. The summed E-state index contributed by atoms with van der Waals surface area (Å²) in [4.78, 5) is 2.41. The van der Waals surface area contributed by atoms with Crippen molar-refractivity contribution in [1.29, 1.82) is 0 Å². The summed E-state index contributed by atoms with van der Waals surface area (Å²) < 4.78 is 1.10. The van der Waals surface area contributed by atoms with Crippen LogP contribution in [-0.4, -0.2) is 13.1 Å². The van der Waals surface area contributed by atoms with Crippen molar-refractivity contribution in [3.8, 4) is 0 Å². The van der Waals surface area contributed by atoms with Gasteiger partial charge in [-0.05, 0) is 36.5 Å². The molecule has 0 bridgehead atoms. The lowest BCUT2D eigenvalue weighted by atomic mass is 9.88. The fourth-order valence-electron chi connectivity index (χ4n) is 2.27. The van der Waals surface area contributed by atoms with E-state index in [1.807, 2.05) is 12.1 Å². The Morgan fingerprint density at radius 1 is 1.31 bits per heavy atom. The number of halogens is 1. The Labute approximate surface area is 106 Å². The maximum atomic E-state index is 6.04. The molecule has 0 saturated carbocycles. The zero-order chi connectivity index (χ0) is 11.7. The van der Waals surface area contributed by atoms with E-state index in [0.717, 1.165) is 35.1 Å². The van der Waals surface area contributed by atoms with Crippen molar-refractivity contribution < 1.29 is 0 Å². The van der Waals surface area contributed by atoms with Crippen LogP contribution in [0.15, 0.2) is 22.7 Å². The van der Waals surface area contributed by atoms with Gasteiger partial charge in [0.1, 0.15) is 0 Å². The number of rotatable bonds is 1. The summed E-state index contributed by atoms with van der Waals surface area (Å²) in [5, 5.41) is 0. The quantitative estimate of drug-likeness (QED) is 0.799. The Kier molecular flexibility index (Phi) is 3.43. The topological polar surface area (TPSA) is 29.3 Å². The van der Waals surface area contributed by atoms with Gasteiger partial charge in [0.15, 0.2) is 0 Å². The highest BCUT2D eigenvalue weighted by Crippen LogP contribution is 2.32. The Bertz CT molecular complexity index is 378. The second-order valence-corrected chi connectivity index (χ2v) is 5.81. The van der Waals surface area contributed by atoms with Crippen molar-refractivity contribution in [2.45, 2.75) is 20.3 Å². The molecular formula is C13H19BrN2. The second kappa shape index (κ2) is 4.66. The first kappa shape index (κ1) is 11.8. The molecule has 1 aromatic carbocycles. The van der Waals surface area contributed by atoms with Gasteiger partial charge >= 0.3 is 0 Å². The second-order valence-electron chi connectivity index (χ2n) is 4.89. The van der Waals surface area contributed by atoms with E-state index in [0.29, 0.717) is 0 Å². The lowest BCUT2D eigenvalue weighted by Gasteiger charge is -2.37.